The van der Waals surface area contributed by atoms with E-state index >= 15 is 0 Å². The summed E-state index contributed by atoms with van der Waals surface area (Å²) in [4.78, 5) is 10.5. The van der Waals surface area contributed by atoms with E-state index in [1.54, 1.807) is 0 Å². The zero-order valence-corrected chi connectivity index (χ0v) is 7.46. The molecular weight excluding hydrogens is 218 g/mol. The van der Waals surface area contributed by atoms with E-state index in [1.807, 2.05) is 0 Å². The number of ether oxygens (including phenoxy) is 1. The highest BCUT2D eigenvalue weighted by Crippen LogP contribution is 2.26. The van der Waals surface area contributed by atoms with Crippen molar-refractivity contribution in [2.24, 2.45) is 0 Å². The summed E-state index contributed by atoms with van der Waals surface area (Å²) in [7, 11) is 0. The van der Waals surface area contributed by atoms with Gasteiger partial charge in [0.1, 0.15) is 5.75 Å². The number of carbonyl (C=O) groups is 1. The number of carboxylic acids is 1. The van der Waals surface area contributed by atoms with E-state index in [0.717, 1.165) is 6.07 Å². The summed E-state index contributed by atoms with van der Waals surface area (Å²) in [6, 6.07) is 3.32. The molecule has 1 aromatic rings. The molecule has 0 fully saturated rings. The molecule has 0 saturated carbocycles. The predicted octanol–water partition coefficient (Wildman–Crippen LogP) is 2.64. The van der Waals surface area contributed by atoms with Crippen molar-refractivity contribution in [3.05, 3.63) is 28.8 Å². The fourth-order valence-corrected chi connectivity index (χ4v) is 0.985. The molecule has 0 aromatic heterocycles. The van der Waals surface area contributed by atoms with Crippen molar-refractivity contribution in [3.63, 3.8) is 0 Å². The van der Waals surface area contributed by atoms with E-state index in [4.69, 9.17) is 16.7 Å². The molecule has 1 aromatic carbocycles. The van der Waals surface area contributed by atoms with Gasteiger partial charge in [-0.15, -0.1) is 0 Å². The van der Waals surface area contributed by atoms with Crippen molar-refractivity contribution < 1.29 is 23.4 Å². The number of carboxylic acid groups (broad SMARTS) is 1. The van der Waals surface area contributed by atoms with Crippen LogP contribution in [0.1, 0.15) is 10.4 Å². The minimum atomic E-state index is -3.03. The molecular formula is C8H5ClF2O3. The van der Waals surface area contributed by atoms with E-state index < -0.39 is 12.6 Å². The Kier molecular flexibility index (Phi) is 3.24. The van der Waals surface area contributed by atoms with Crippen molar-refractivity contribution in [1.82, 2.24) is 0 Å². The van der Waals surface area contributed by atoms with Gasteiger partial charge in [0.15, 0.2) is 0 Å². The minimum Gasteiger partial charge on any atom is -0.478 e. The molecule has 0 radical (unpaired) electrons. The van der Waals surface area contributed by atoms with Gasteiger partial charge in [0.2, 0.25) is 0 Å². The standard InChI is InChI=1S/C8H5ClF2O3/c9-5-2-1-4(7(12)13)3-6(5)14-8(10)11/h1-3,8H,(H,12,13). The molecule has 76 valence electrons. The smallest absolute Gasteiger partial charge is 0.387 e. The van der Waals surface area contributed by atoms with Crippen LogP contribution in [0.3, 0.4) is 0 Å². The lowest BCUT2D eigenvalue weighted by Crippen LogP contribution is -2.04. The molecule has 0 atom stereocenters. The Bertz CT molecular complexity index is 354. The quantitative estimate of drug-likeness (QED) is 0.855. The number of alkyl halides is 2. The van der Waals surface area contributed by atoms with Crippen LogP contribution in [-0.4, -0.2) is 17.7 Å². The van der Waals surface area contributed by atoms with Crippen LogP contribution in [0.2, 0.25) is 5.02 Å². The number of benzene rings is 1. The van der Waals surface area contributed by atoms with Crippen LogP contribution in [0, 0.1) is 0 Å². The van der Waals surface area contributed by atoms with Crippen molar-refractivity contribution in [2.75, 3.05) is 0 Å². The Morgan fingerprint density at radius 2 is 2.14 bits per heavy atom. The average Bonchev–Trinajstić information content (AvgIpc) is 2.07. The number of aromatic carboxylic acids is 1. The number of hydrogen-bond acceptors (Lipinski definition) is 2. The minimum absolute atomic E-state index is 0.0599. The van der Waals surface area contributed by atoms with Gasteiger partial charge in [-0.2, -0.15) is 8.78 Å². The molecule has 1 N–H and O–H groups in total. The molecule has 0 unspecified atom stereocenters. The molecule has 14 heavy (non-hydrogen) atoms. The summed E-state index contributed by atoms with van der Waals surface area (Å²) in [5.74, 6) is -1.58. The monoisotopic (exact) mass is 222 g/mol. The van der Waals surface area contributed by atoms with Crippen LogP contribution < -0.4 is 4.74 Å². The molecule has 0 aliphatic heterocycles. The summed E-state index contributed by atoms with van der Waals surface area (Å²) in [6.45, 7) is -3.03. The van der Waals surface area contributed by atoms with Gasteiger partial charge in [-0.05, 0) is 18.2 Å². The molecule has 0 heterocycles. The van der Waals surface area contributed by atoms with E-state index in [-0.39, 0.29) is 16.3 Å². The molecule has 0 aliphatic carbocycles. The third-order valence-corrected chi connectivity index (χ3v) is 1.71. The number of rotatable bonds is 3. The fourth-order valence-electron chi connectivity index (χ4n) is 0.823. The van der Waals surface area contributed by atoms with Crippen molar-refractivity contribution >= 4 is 17.6 Å². The number of hydrogen-bond donors (Lipinski definition) is 1. The zero-order valence-electron chi connectivity index (χ0n) is 6.71. The first kappa shape index (κ1) is 10.7. The summed E-state index contributed by atoms with van der Waals surface area (Å²) in [5.41, 5.74) is -0.162. The molecule has 3 nitrogen and oxygen atoms in total. The topological polar surface area (TPSA) is 46.5 Å². The normalized spacial score (nSPS) is 10.3. The Balaban J connectivity index is 3.02. The van der Waals surface area contributed by atoms with Gasteiger partial charge in [-0.25, -0.2) is 4.79 Å². The first-order chi connectivity index (χ1) is 6.50. The highest BCUT2D eigenvalue weighted by molar-refractivity contribution is 6.32. The summed E-state index contributed by atoms with van der Waals surface area (Å²) in [5, 5.41) is 8.49. The van der Waals surface area contributed by atoms with Crippen LogP contribution in [-0.2, 0) is 0 Å². The fraction of sp³-hybridized carbons (Fsp3) is 0.125. The molecule has 0 aliphatic rings. The third-order valence-electron chi connectivity index (χ3n) is 1.39. The maximum atomic E-state index is 11.8. The van der Waals surface area contributed by atoms with Crippen molar-refractivity contribution in [2.45, 2.75) is 6.61 Å². The SMILES string of the molecule is O=C(O)c1ccc(Cl)c(OC(F)F)c1. The summed E-state index contributed by atoms with van der Waals surface area (Å²) >= 11 is 5.49. The lowest BCUT2D eigenvalue weighted by Gasteiger charge is -2.06. The maximum absolute atomic E-state index is 11.8. The van der Waals surface area contributed by atoms with Gasteiger partial charge in [0.05, 0.1) is 10.6 Å². The summed E-state index contributed by atoms with van der Waals surface area (Å²) < 4.78 is 27.6. The Hall–Kier alpha value is -1.36. The van der Waals surface area contributed by atoms with Gasteiger partial charge >= 0.3 is 12.6 Å². The Labute approximate surface area is 82.9 Å². The van der Waals surface area contributed by atoms with Gasteiger partial charge in [0.25, 0.3) is 0 Å². The predicted molar refractivity (Wildman–Crippen MR) is 45.0 cm³/mol. The van der Waals surface area contributed by atoms with E-state index in [1.165, 1.54) is 12.1 Å². The van der Waals surface area contributed by atoms with Gasteiger partial charge in [-0.3, -0.25) is 0 Å². The van der Waals surface area contributed by atoms with Crippen LogP contribution in [0.5, 0.6) is 5.75 Å². The second-order valence-electron chi connectivity index (χ2n) is 2.33. The second kappa shape index (κ2) is 4.23. The van der Waals surface area contributed by atoms with Crippen LogP contribution in [0.4, 0.5) is 8.78 Å². The highest BCUT2D eigenvalue weighted by Gasteiger charge is 2.11. The van der Waals surface area contributed by atoms with E-state index in [2.05, 4.69) is 4.74 Å². The van der Waals surface area contributed by atoms with Crippen LogP contribution >= 0.6 is 11.6 Å². The van der Waals surface area contributed by atoms with Gasteiger partial charge < -0.3 is 9.84 Å². The Morgan fingerprint density at radius 3 is 2.64 bits per heavy atom. The van der Waals surface area contributed by atoms with Gasteiger partial charge in [0, 0.05) is 0 Å². The molecule has 0 spiro atoms. The zero-order chi connectivity index (χ0) is 10.7. The molecule has 1 rings (SSSR count). The van der Waals surface area contributed by atoms with Crippen LogP contribution in [0.15, 0.2) is 18.2 Å². The summed E-state index contributed by atoms with van der Waals surface area (Å²) in [6.07, 6.45) is 0. The molecule has 0 bridgehead atoms. The molecule has 6 heteroatoms. The van der Waals surface area contributed by atoms with Crippen molar-refractivity contribution in [1.29, 1.82) is 0 Å². The maximum Gasteiger partial charge on any atom is 0.387 e. The van der Waals surface area contributed by atoms with Crippen LogP contribution in [0.25, 0.3) is 0 Å². The van der Waals surface area contributed by atoms with E-state index in [9.17, 15) is 13.6 Å². The number of halogens is 3. The average molecular weight is 223 g/mol. The molecule has 0 saturated heterocycles. The lowest BCUT2D eigenvalue weighted by molar-refractivity contribution is -0.0498. The Morgan fingerprint density at radius 1 is 1.50 bits per heavy atom. The largest absolute Gasteiger partial charge is 0.478 e. The third kappa shape index (κ3) is 2.56. The second-order valence-corrected chi connectivity index (χ2v) is 2.74. The van der Waals surface area contributed by atoms with Crippen molar-refractivity contribution in [3.8, 4) is 5.75 Å². The highest BCUT2D eigenvalue weighted by atomic mass is 35.5. The molecule has 0 amide bonds. The first-order valence-corrected chi connectivity index (χ1v) is 3.86. The van der Waals surface area contributed by atoms with Gasteiger partial charge in [-0.1, -0.05) is 11.6 Å². The van der Waals surface area contributed by atoms with E-state index in [0.29, 0.717) is 0 Å². The first-order valence-electron chi connectivity index (χ1n) is 3.48. The lowest BCUT2D eigenvalue weighted by atomic mass is 10.2.